The van der Waals surface area contributed by atoms with Crippen LogP contribution in [-0.4, -0.2) is 47.6 Å². The molecule has 2 N–H and O–H groups in total. The van der Waals surface area contributed by atoms with E-state index in [2.05, 4.69) is 10.3 Å². The predicted octanol–water partition coefficient (Wildman–Crippen LogP) is 1.57. The Morgan fingerprint density at radius 3 is 3.09 bits per heavy atom. The van der Waals surface area contributed by atoms with Crippen molar-refractivity contribution in [2.45, 2.75) is 50.0 Å². The number of pyridine rings is 1. The first kappa shape index (κ1) is 15.8. The molecule has 6 heteroatoms. The van der Waals surface area contributed by atoms with E-state index in [0.717, 1.165) is 32.1 Å². The van der Waals surface area contributed by atoms with Gasteiger partial charge in [-0.25, -0.2) is 4.39 Å². The van der Waals surface area contributed by atoms with Gasteiger partial charge in [0.2, 0.25) is 0 Å². The number of nitrogens with zero attached hydrogens (tertiary/aromatic N) is 1. The molecule has 1 aliphatic carbocycles. The topological polar surface area (TPSA) is 63.6 Å². The van der Waals surface area contributed by atoms with Gasteiger partial charge in [-0.2, -0.15) is 0 Å². The lowest BCUT2D eigenvalue weighted by molar-refractivity contribution is -0.198. The molecular weight excluding hydrogens is 287 g/mol. The Balaban J connectivity index is 1.56. The summed E-state index contributed by atoms with van der Waals surface area (Å²) in [7, 11) is 0. The maximum absolute atomic E-state index is 12.9. The van der Waals surface area contributed by atoms with E-state index < -0.39 is 11.9 Å². The van der Waals surface area contributed by atoms with Crippen LogP contribution in [-0.2, 0) is 9.47 Å². The lowest BCUT2D eigenvalue weighted by atomic mass is 9.70. The Hall–Kier alpha value is -1.08. The van der Waals surface area contributed by atoms with Gasteiger partial charge >= 0.3 is 0 Å². The molecular formula is C16H23FN2O3. The molecule has 1 saturated carbocycles. The second-order valence-corrected chi connectivity index (χ2v) is 5.96. The zero-order valence-corrected chi connectivity index (χ0v) is 12.8. The first-order valence-corrected chi connectivity index (χ1v) is 7.94. The summed E-state index contributed by atoms with van der Waals surface area (Å²) in [6.07, 6.45) is 3.42. The summed E-state index contributed by atoms with van der Waals surface area (Å²) in [5.74, 6) is -0.402. The van der Waals surface area contributed by atoms with Crippen LogP contribution in [0.2, 0.25) is 0 Å². The number of aliphatic hydroxyl groups excluding tert-OH is 1. The molecule has 3 rings (SSSR count). The lowest BCUT2D eigenvalue weighted by Gasteiger charge is -2.53. The summed E-state index contributed by atoms with van der Waals surface area (Å²) in [6, 6.07) is 3.00. The SMILES string of the molecule is CCOC1CC(NCC(O)c2ccc(F)cn2)C12CCCO2. The molecule has 4 unspecified atom stereocenters. The Labute approximate surface area is 129 Å². The van der Waals surface area contributed by atoms with E-state index in [4.69, 9.17) is 9.47 Å². The molecule has 1 aromatic rings. The maximum atomic E-state index is 12.9. The van der Waals surface area contributed by atoms with Crippen molar-refractivity contribution in [2.24, 2.45) is 0 Å². The molecule has 122 valence electrons. The Morgan fingerprint density at radius 1 is 1.59 bits per heavy atom. The molecule has 2 heterocycles. The van der Waals surface area contributed by atoms with Crippen molar-refractivity contribution in [3.8, 4) is 0 Å². The fourth-order valence-electron chi connectivity index (χ4n) is 3.50. The Bertz CT molecular complexity index is 491. The van der Waals surface area contributed by atoms with Crippen molar-refractivity contribution in [3.63, 3.8) is 0 Å². The van der Waals surface area contributed by atoms with Crippen molar-refractivity contribution in [1.29, 1.82) is 0 Å². The minimum Gasteiger partial charge on any atom is -0.385 e. The molecule has 0 amide bonds. The summed E-state index contributed by atoms with van der Waals surface area (Å²) in [4.78, 5) is 3.91. The average molecular weight is 310 g/mol. The molecule has 22 heavy (non-hydrogen) atoms. The number of halogens is 1. The number of aromatic nitrogens is 1. The average Bonchev–Trinajstić information content (AvgIpc) is 3.03. The van der Waals surface area contributed by atoms with E-state index in [1.807, 2.05) is 6.92 Å². The molecule has 1 aromatic heterocycles. The molecule has 2 aliphatic rings. The number of hydrogen-bond acceptors (Lipinski definition) is 5. The quantitative estimate of drug-likeness (QED) is 0.835. The third-order valence-electron chi connectivity index (χ3n) is 4.68. The summed E-state index contributed by atoms with van der Waals surface area (Å²) >= 11 is 0. The van der Waals surface area contributed by atoms with Crippen LogP contribution in [0.15, 0.2) is 18.3 Å². The smallest absolute Gasteiger partial charge is 0.141 e. The van der Waals surface area contributed by atoms with Gasteiger partial charge in [-0.3, -0.25) is 4.98 Å². The number of rotatable bonds is 6. The van der Waals surface area contributed by atoms with Gasteiger partial charge in [-0.15, -0.1) is 0 Å². The van der Waals surface area contributed by atoms with Gasteiger partial charge in [-0.1, -0.05) is 0 Å². The lowest BCUT2D eigenvalue weighted by Crippen LogP contribution is -2.69. The first-order valence-electron chi connectivity index (χ1n) is 7.94. The summed E-state index contributed by atoms with van der Waals surface area (Å²) in [5.41, 5.74) is 0.224. The van der Waals surface area contributed by atoms with Crippen LogP contribution in [0, 0.1) is 5.82 Å². The van der Waals surface area contributed by atoms with Gasteiger partial charge in [-0.05, 0) is 38.3 Å². The highest BCUT2D eigenvalue weighted by Gasteiger charge is 2.58. The highest BCUT2D eigenvalue weighted by atomic mass is 19.1. The van der Waals surface area contributed by atoms with Crippen molar-refractivity contribution in [2.75, 3.05) is 19.8 Å². The Kier molecular flexibility index (Phi) is 4.73. The van der Waals surface area contributed by atoms with E-state index in [1.165, 1.54) is 12.1 Å². The third-order valence-corrected chi connectivity index (χ3v) is 4.68. The zero-order valence-electron chi connectivity index (χ0n) is 12.8. The second kappa shape index (κ2) is 6.58. The first-order chi connectivity index (χ1) is 10.7. The molecule has 0 bridgehead atoms. The van der Waals surface area contributed by atoms with Gasteiger partial charge < -0.3 is 19.9 Å². The number of ether oxygens (including phenoxy) is 2. The number of hydrogen-bond donors (Lipinski definition) is 2. The standard InChI is InChI=1S/C16H23FN2O3/c1-2-21-15-8-14(16(15)6-3-7-22-16)19-10-13(20)12-5-4-11(17)9-18-12/h4-5,9,13-15,19-20H,2-3,6-8,10H2,1H3. The Morgan fingerprint density at radius 2 is 2.45 bits per heavy atom. The van der Waals surface area contributed by atoms with Crippen LogP contribution in [0.3, 0.4) is 0 Å². The van der Waals surface area contributed by atoms with E-state index in [9.17, 15) is 9.50 Å². The molecule has 1 spiro atoms. The summed E-state index contributed by atoms with van der Waals surface area (Å²) < 4.78 is 24.6. The molecule has 1 aliphatic heterocycles. The fraction of sp³-hybridized carbons (Fsp3) is 0.688. The van der Waals surface area contributed by atoms with Crippen molar-refractivity contribution in [3.05, 3.63) is 29.8 Å². The number of aliphatic hydroxyl groups is 1. The largest absolute Gasteiger partial charge is 0.385 e. The monoisotopic (exact) mass is 310 g/mol. The van der Waals surface area contributed by atoms with Gasteiger partial charge in [0.15, 0.2) is 0 Å². The van der Waals surface area contributed by atoms with Gasteiger partial charge in [0.05, 0.1) is 18.0 Å². The molecule has 0 radical (unpaired) electrons. The molecule has 4 atom stereocenters. The van der Waals surface area contributed by atoms with Crippen LogP contribution >= 0.6 is 0 Å². The number of nitrogens with one attached hydrogen (secondary N) is 1. The van der Waals surface area contributed by atoms with Crippen molar-refractivity contribution < 1.29 is 19.0 Å². The van der Waals surface area contributed by atoms with Gasteiger partial charge in [0.1, 0.15) is 17.5 Å². The molecule has 5 nitrogen and oxygen atoms in total. The van der Waals surface area contributed by atoms with E-state index >= 15 is 0 Å². The molecule has 1 saturated heterocycles. The highest BCUT2D eigenvalue weighted by molar-refractivity contribution is 5.14. The van der Waals surface area contributed by atoms with Crippen LogP contribution in [0.5, 0.6) is 0 Å². The van der Waals surface area contributed by atoms with Crippen LogP contribution in [0.25, 0.3) is 0 Å². The minimum absolute atomic E-state index is 0.138. The van der Waals surface area contributed by atoms with Crippen molar-refractivity contribution >= 4 is 0 Å². The highest BCUT2D eigenvalue weighted by Crippen LogP contribution is 2.45. The van der Waals surface area contributed by atoms with Gasteiger partial charge in [0.25, 0.3) is 0 Å². The van der Waals surface area contributed by atoms with Crippen molar-refractivity contribution in [1.82, 2.24) is 10.3 Å². The fourth-order valence-corrected chi connectivity index (χ4v) is 3.50. The second-order valence-electron chi connectivity index (χ2n) is 5.96. The van der Waals surface area contributed by atoms with Gasteiger partial charge in [0, 0.05) is 25.8 Å². The van der Waals surface area contributed by atoms with E-state index in [1.54, 1.807) is 0 Å². The van der Waals surface area contributed by atoms with Crippen LogP contribution < -0.4 is 5.32 Å². The minimum atomic E-state index is -0.759. The third kappa shape index (κ3) is 2.88. The zero-order chi connectivity index (χ0) is 15.6. The van der Waals surface area contributed by atoms with Crippen LogP contribution in [0.4, 0.5) is 4.39 Å². The van der Waals surface area contributed by atoms with E-state index in [-0.39, 0.29) is 17.7 Å². The maximum Gasteiger partial charge on any atom is 0.141 e. The molecule has 0 aromatic carbocycles. The van der Waals surface area contributed by atoms with Crippen LogP contribution in [0.1, 0.15) is 38.0 Å². The molecule has 2 fully saturated rings. The normalized spacial score (nSPS) is 32.1. The predicted molar refractivity (Wildman–Crippen MR) is 78.9 cm³/mol. The van der Waals surface area contributed by atoms with E-state index in [0.29, 0.717) is 18.8 Å². The summed E-state index contributed by atoms with van der Waals surface area (Å²) in [5, 5.41) is 13.5. The summed E-state index contributed by atoms with van der Waals surface area (Å²) in [6.45, 7) is 3.81.